The molecule has 0 amide bonds. The highest BCUT2D eigenvalue weighted by Crippen LogP contribution is 2.41. The van der Waals surface area contributed by atoms with Crippen molar-refractivity contribution in [3.8, 4) is 5.75 Å². The lowest BCUT2D eigenvalue weighted by molar-refractivity contribution is -0.137. The van der Waals surface area contributed by atoms with Crippen molar-refractivity contribution in [3.63, 3.8) is 0 Å². The van der Waals surface area contributed by atoms with Crippen molar-refractivity contribution in [2.75, 3.05) is 18.5 Å². The first-order chi connectivity index (χ1) is 16.1. The number of aromatic nitrogens is 1. The van der Waals surface area contributed by atoms with Gasteiger partial charge in [0.1, 0.15) is 11.6 Å². The van der Waals surface area contributed by atoms with Crippen molar-refractivity contribution in [2.24, 2.45) is 0 Å². The molecule has 2 heterocycles. The number of ether oxygens (including phenoxy) is 1. The second kappa shape index (κ2) is 8.66. The highest BCUT2D eigenvalue weighted by Gasteiger charge is 2.34. The predicted octanol–water partition coefficient (Wildman–Crippen LogP) is 5.01. The first kappa shape index (κ1) is 23.6. The second-order valence-electron chi connectivity index (χ2n) is 8.00. The molecule has 1 aromatic heterocycles. The molecule has 10 heteroatoms. The molecule has 0 fully saturated rings. The Balaban J connectivity index is 2.05. The summed E-state index contributed by atoms with van der Waals surface area (Å²) >= 11 is 0. The Morgan fingerprint density at radius 3 is 2.50 bits per heavy atom. The van der Waals surface area contributed by atoms with Gasteiger partial charge in [0, 0.05) is 6.54 Å². The molecule has 6 nitrogen and oxygen atoms in total. The predicted molar refractivity (Wildman–Crippen MR) is 118 cm³/mol. The molecular weight excluding hydrogens is 456 g/mol. The van der Waals surface area contributed by atoms with Crippen LogP contribution in [0, 0.1) is 5.82 Å². The molecule has 2 aromatic carbocycles. The van der Waals surface area contributed by atoms with E-state index in [1.54, 1.807) is 0 Å². The first-order valence-corrected chi connectivity index (χ1v) is 10.8. The zero-order valence-corrected chi connectivity index (χ0v) is 18.4. The van der Waals surface area contributed by atoms with E-state index >= 15 is 4.39 Å². The monoisotopic (exact) mass is 478 g/mol. The number of nitrogens with zero attached hydrogens (tertiary/aromatic N) is 1. The van der Waals surface area contributed by atoms with Crippen LogP contribution >= 0.6 is 0 Å². The van der Waals surface area contributed by atoms with Crippen molar-refractivity contribution in [1.29, 1.82) is 0 Å². The third-order valence-corrected chi connectivity index (χ3v) is 5.89. The Kier molecular flexibility index (Phi) is 6.01. The van der Waals surface area contributed by atoms with E-state index in [-0.39, 0.29) is 24.1 Å². The van der Waals surface area contributed by atoms with Gasteiger partial charge in [-0.15, -0.1) is 0 Å². The molecule has 0 bridgehead atoms. The van der Waals surface area contributed by atoms with Crippen LogP contribution in [0.5, 0.6) is 5.75 Å². The Morgan fingerprint density at radius 2 is 1.91 bits per heavy atom. The third-order valence-electron chi connectivity index (χ3n) is 5.89. The molecule has 1 aliphatic heterocycles. The van der Waals surface area contributed by atoms with E-state index in [1.807, 2.05) is 6.92 Å². The molecule has 0 spiro atoms. The van der Waals surface area contributed by atoms with Crippen LogP contribution in [-0.2, 0) is 17.3 Å². The molecule has 34 heavy (non-hydrogen) atoms. The Morgan fingerprint density at radius 1 is 1.24 bits per heavy atom. The highest BCUT2D eigenvalue weighted by molar-refractivity contribution is 6.04. The topological polar surface area (TPSA) is 80.6 Å². The zero-order valence-electron chi connectivity index (χ0n) is 18.4. The maximum Gasteiger partial charge on any atom is 0.416 e. The van der Waals surface area contributed by atoms with Crippen molar-refractivity contribution < 1.29 is 32.2 Å². The summed E-state index contributed by atoms with van der Waals surface area (Å²) in [6.45, 7) is 3.44. The van der Waals surface area contributed by atoms with Gasteiger partial charge in [0.2, 0.25) is 0 Å². The average Bonchev–Trinajstić information content (AvgIpc) is 2.77. The van der Waals surface area contributed by atoms with Crippen LogP contribution < -0.4 is 10.9 Å². The van der Waals surface area contributed by atoms with Crippen LogP contribution in [0.25, 0.3) is 10.9 Å². The molecule has 0 saturated heterocycles. The Labute approximate surface area is 191 Å². The maximum absolute atomic E-state index is 15.2. The number of carbonyl (C=O) groups is 1. The Hall–Kier alpha value is -3.56. The van der Waals surface area contributed by atoms with Crippen molar-refractivity contribution >= 4 is 22.6 Å². The summed E-state index contributed by atoms with van der Waals surface area (Å²) in [5.41, 5.74) is -1.08. The molecule has 0 saturated carbocycles. The van der Waals surface area contributed by atoms with Gasteiger partial charge in [-0.2, -0.15) is 13.2 Å². The highest BCUT2D eigenvalue weighted by atomic mass is 19.4. The van der Waals surface area contributed by atoms with Crippen molar-refractivity contribution in [2.45, 2.75) is 38.9 Å². The van der Waals surface area contributed by atoms with E-state index in [0.29, 0.717) is 29.7 Å². The Bertz CT molecular complexity index is 1330. The molecule has 1 atom stereocenters. The number of aryl methyl sites for hydroxylation is 1. The molecule has 1 unspecified atom stereocenters. The SMILES string of the molecule is CCCc1cc(F)c2c(O)c(C(=O)OCC)c(=O)n3c2c1NCC3c1ccc(C(F)(F)F)cc1. The van der Waals surface area contributed by atoms with E-state index in [1.165, 1.54) is 25.1 Å². The van der Waals surface area contributed by atoms with Gasteiger partial charge in [-0.3, -0.25) is 9.36 Å². The normalized spacial score (nSPS) is 15.3. The minimum atomic E-state index is -4.53. The number of esters is 1. The van der Waals surface area contributed by atoms with Crippen molar-refractivity contribution in [1.82, 2.24) is 4.57 Å². The molecule has 180 valence electrons. The number of anilines is 1. The number of nitrogens with one attached hydrogen (secondary N) is 1. The van der Waals surface area contributed by atoms with Gasteiger partial charge in [-0.1, -0.05) is 25.5 Å². The van der Waals surface area contributed by atoms with E-state index < -0.39 is 46.4 Å². The van der Waals surface area contributed by atoms with Crippen molar-refractivity contribution in [3.05, 3.63) is 68.8 Å². The smallest absolute Gasteiger partial charge is 0.416 e. The minimum absolute atomic E-state index is 0.0511. The molecule has 1 aliphatic rings. The number of hydrogen-bond acceptors (Lipinski definition) is 5. The second-order valence-corrected chi connectivity index (χ2v) is 8.00. The summed E-state index contributed by atoms with van der Waals surface area (Å²) < 4.78 is 60.4. The largest absolute Gasteiger partial charge is 0.506 e. The molecule has 2 N–H and O–H groups in total. The summed E-state index contributed by atoms with van der Waals surface area (Å²) in [7, 11) is 0. The molecule has 3 aromatic rings. The van der Waals surface area contributed by atoms with Crippen LogP contribution in [0.4, 0.5) is 23.2 Å². The summed E-state index contributed by atoms with van der Waals surface area (Å²) in [6.07, 6.45) is -3.37. The number of rotatable bonds is 5. The quantitative estimate of drug-likeness (QED) is 0.398. The third kappa shape index (κ3) is 3.76. The summed E-state index contributed by atoms with van der Waals surface area (Å²) in [5.74, 6) is -2.76. The number of aromatic hydroxyl groups is 1. The first-order valence-electron chi connectivity index (χ1n) is 10.8. The van der Waals surface area contributed by atoms with E-state index in [4.69, 9.17) is 4.74 Å². The van der Waals surface area contributed by atoms with E-state index in [2.05, 4.69) is 5.32 Å². The fourth-order valence-corrected chi connectivity index (χ4v) is 4.40. The fourth-order valence-electron chi connectivity index (χ4n) is 4.40. The maximum atomic E-state index is 15.2. The number of alkyl halides is 3. The molecular formula is C24H22F4N2O4. The van der Waals surface area contributed by atoms with Gasteiger partial charge in [0.25, 0.3) is 5.56 Å². The van der Waals surface area contributed by atoms with Crippen LogP contribution in [0.1, 0.15) is 53.4 Å². The van der Waals surface area contributed by atoms with Gasteiger partial charge >= 0.3 is 12.1 Å². The molecule has 0 radical (unpaired) electrons. The van der Waals surface area contributed by atoms with Crippen LogP contribution in [0.2, 0.25) is 0 Å². The fraction of sp³-hybridized carbons (Fsp3) is 0.333. The van der Waals surface area contributed by atoms with Gasteiger partial charge < -0.3 is 15.2 Å². The van der Waals surface area contributed by atoms with Crippen LogP contribution in [0.3, 0.4) is 0 Å². The number of pyridine rings is 1. The summed E-state index contributed by atoms with van der Waals surface area (Å²) in [5, 5.41) is 13.6. The van der Waals surface area contributed by atoms with Gasteiger partial charge in [-0.05, 0) is 42.7 Å². The standard InChI is InChI=1S/C24H22F4N2O4/c1-3-5-13-10-15(25)17-20-19(13)29-11-16(12-6-8-14(9-7-12)24(26,27)28)30(20)22(32)18(21(17)31)23(33)34-4-2/h6-10,16,29,31H,3-5,11H2,1-2H3. The van der Waals surface area contributed by atoms with E-state index in [9.17, 15) is 27.9 Å². The van der Waals surface area contributed by atoms with Crippen LogP contribution in [0.15, 0.2) is 35.1 Å². The lowest BCUT2D eigenvalue weighted by atomic mass is 9.95. The minimum Gasteiger partial charge on any atom is -0.506 e. The number of carbonyl (C=O) groups excluding carboxylic acids is 1. The van der Waals surface area contributed by atoms with Crippen LogP contribution in [-0.4, -0.2) is 28.8 Å². The molecule has 4 rings (SSSR count). The lowest BCUT2D eigenvalue weighted by Gasteiger charge is -2.32. The summed E-state index contributed by atoms with van der Waals surface area (Å²) in [6, 6.07) is 4.65. The van der Waals surface area contributed by atoms with E-state index in [0.717, 1.165) is 16.7 Å². The number of hydrogen-bond donors (Lipinski definition) is 2. The van der Waals surface area contributed by atoms with Gasteiger partial charge in [0.15, 0.2) is 5.56 Å². The zero-order chi connectivity index (χ0) is 24.8. The average molecular weight is 478 g/mol. The van der Waals surface area contributed by atoms with Gasteiger partial charge in [-0.25, -0.2) is 9.18 Å². The number of benzene rings is 2. The summed E-state index contributed by atoms with van der Waals surface area (Å²) in [4.78, 5) is 26.0. The van der Waals surface area contributed by atoms with Gasteiger partial charge in [0.05, 0.1) is 34.8 Å². The molecule has 0 aliphatic carbocycles. The lowest BCUT2D eigenvalue weighted by Crippen LogP contribution is -2.37. The number of halogens is 4.